The second kappa shape index (κ2) is 10.1. The average Bonchev–Trinajstić information content (AvgIpc) is 2.84. The number of aromatic nitrogens is 1. The number of nitrogens with zero attached hydrogens (tertiary/aromatic N) is 2. The van der Waals surface area contributed by atoms with Crippen LogP contribution in [0.5, 0.6) is 0 Å². The Morgan fingerprint density at radius 1 is 1.29 bits per heavy atom. The van der Waals surface area contributed by atoms with Crippen molar-refractivity contribution in [2.45, 2.75) is 59.5 Å². The van der Waals surface area contributed by atoms with Crippen molar-refractivity contribution >= 4 is 16.5 Å². The van der Waals surface area contributed by atoms with Gasteiger partial charge in [0.05, 0.1) is 12.3 Å². The lowest BCUT2D eigenvalue weighted by Gasteiger charge is -2.25. The molecule has 1 heterocycles. The maximum Gasteiger partial charge on any atom is 0.186 e. The summed E-state index contributed by atoms with van der Waals surface area (Å²) in [5, 5.41) is 4.62. The molecular formula is C16H31N3OS. The molecule has 122 valence electrons. The van der Waals surface area contributed by atoms with Gasteiger partial charge in [0.1, 0.15) is 0 Å². The highest BCUT2D eigenvalue weighted by atomic mass is 32.1. The number of methoxy groups -OCH3 is 1. The molecule has 0 spiro atoms. The number of nitrogens with one attached hydrogen (secondary N) is 1. The first-order valence-corrected chi connectivity index (χ1v) is 8.90. The summed E-state index contributed by atoms with van der Waals surface area (Å²) in [4.78, 5) is 8.71. The molecule has 1 rings (SSSR count). The summed E-state index contributed by atoms with van der Waals surface area (Å²) in [6.07, 6.45) is 3.36. The molecule has 0 saturated carbocycles. The van der Waals surface area contributed by atoms with Gasteiger partial charge in [0.25, 0.3) is 0 Å². The molecule has 5 heteroatoms. The lowest BCUT2D eigenvalue weighted by atomic mass is 10.2. The topological polar surface area (TPSA) is 37.4 Å². The van der Waals surface area contributed by atoms with E-state index in [-0.39, 0.29) is 0 Å². The second-order valence-electron chi connectivity index (χ2n) is 5.57. The Bertz CT molecular complexity index is 393. The molecule has 0 amide bonds. The molecule has 21 heavy (non-hydrogen) atoms. The Hall–Kier alpha value is -0.650. The van der Waals surface area contributed by atoms with Crippen molar-refractivity contribution in [2.75, 3.05) is 31.7 Å². The summed E-state index contributed by atoms with van der Waals surface area (Å²) in [6, 6.07) is 0.500. The lowest BCUT2D eigenvalue weighted by molar-refractivity contribution is 0.199. The van der Waals surface area contributed by atoms with E-state index in [0.29, 0.717) is 6.04 Å². The third kappa shape index (κ3) is 5.93. The highest BCUT2D eigenvalue weighted by molar-refractivity contribution is 7.15. The van der Waals surface area contributed by atoms with Gasteiger partial charge < -0.3 is 15.0 Å². The molecule has 0 aliphatic carbocycles. The zero-order valence-corrected chi connectivity index (χ0v) is 15.1. The average molecular weight is 314 g/mol. The summed E-state index contributed by atoms with van der Waals surface area (Å²) in [7, 11) is 1.74. The number of hydrogen-bond acceptors (Lipinski definition) is 5. The van der Waals surface area contributed by atoms with Gasteiger partial charge in [-0.15, -0.1) is 11.3 Å². The third-order valence-electron chi connectivity index (χ3n) is 3.36. The van der Waals surface area contributed by atoms with Crippen LogP contribution in [0.1, 0.15) is 51.1 Å². The van der Waals surface area contributed by atoms with E-state index in [1.807, 2.05) is 11.3 Å². The predicted molar refractivity (Wildman–Crippen MR) is 92.5 cm³/mol. The van der Waals surface area contributed by atoms with E-state index in [0.717, 1.165) is 45.5 Å². The monoisotopic (exact) mass is 313 g/mol. The van der Waals surface area contributed by atoms with Crippen molar-refractivity contribution in [3.63, 3.8) is 0 Å². The highest BCUT2D eigenvalue weighted by Crippen LogP contribution is 2.28. The second-order valence-corrected chi connectivity index (χ2v) is 6.64. The first-order chi connectivity index (χ1) is 10.1. The molecule has 0 fully saturated rings. The maximum atomic E-state index is 5.08. The molecule has 0 aliphatic heterocycles. The summed E-state index contributed by atoms with van der Waals surface area (Å²) in [5.41, 5.74) is 1.27. The number of thiazole rings is 1. The van der Waals surface area contributed by atoms with Crippen LogP contribution in [0.4, 0.5) is 5.13 Å². The quantitative estimate of drug-likeness (QED) is 0.635. The summed E-state index contributed by atoms with van der Waals surface area (Å²) < 4.78 is 5.08. The third-order valence-corrected chi connectivity index (χ3v) is 4.49. The molecular weight excluding hydrogens is 282 g/mol. The standard InChI is InChI=1S/C16H31N3OS/c1-6-8-14-15(12-17-9-11-20-5)21-16(18-14)19(10-7-2)13(3)4/h13,17H,6-12H2,1-5H3. The van der Waals surface area contributed by atoms with Gasteiger partial charge in [0, 0.05) is 37.7 Å². The van der Waals surface area contributed by atoms with Gasteiger partial charge in [-0.05, 0) is 26.7 Å². The molecule has 0 atom stereocenters. The molecule has 0 bridgehead atoms. The van der Waals surface area contributed by atoms with E-state index in [2.05, 4.69) is 37.9 Å². The van der Waals surface area contributed by atoms with Gasteiger partial charge in [0.15, 0.2) is 5.13 Å². The minimum absolute atomic E-state index is 0.500. The summed E-state index contributed by atoms with van der Waals surface area (Å²) >= 11 is 1.85. The Morgan fingerprint density at radius 3 is 2.62 bits per heavy atom. The Morgan fingerprint density at radius 2 is 2.05 bits per heavy atom. The largest absolute Gasteiger partial charge is 0.383 e. The van der Waals surface area contributed by atoms with Gasteiger partial charge >= 0.3 is 0 Å². The van der Waals surface area contributed by atoms with E-state index in [4.69, 9.17) is 9.72 Å². The normalized spacial score (nSPS) is 11.3. The molecule has 1 N–H and O–H groups in total. The lowest BCUT2D eigenvalue weighted by Crippen LogP contribution is -2.31. The van der Waals surface area contributed by atoms with Gasteiger partial charge in [-0.1, -0.05) is 20.3 Å². The SMILES string of the molecule is CCCc1nc(N(CCC)C(C)C)sc1CNCCOC. The van der Waals surface area contributed by atoms with E-state index < -0.39 is 0 Å². The Kier molecular flexibility index (Phi) is 8.88. The van der Waals surface area contributed by atoms with Gasteiger partial charge in [0.2, 0.25) is 0 Å². The number of aryl methyl sites for hydroxylation is 1. The predicted octanol–water partition coefficient (Wildman–Crippen LogP) is 3.46. The van der Waals surface area contributed by atoms with Crippen molar-refractivity contribution in [1.82, 2.24) is 10.3 Å². The van der Waals surface area contributed by atoms with Gasteiger partial charge in [-0.2, -0.15) is 0 Å². The first-order valence-electron chi connectivity index (χ1n) is 8.08. The molecule has 0 saturated heterocycles. The number of hydrogen-bond donors (Lipinski definition) is 1. The van der Waals surface area contributed by atoms with Crippen LogP contribution in [-0.2, 0) is 17.7 Å². The van der Waals surface area contributed by atoms with Crippen LogP contribution in [0.15, 0.2) is 0 Å². The van der Waals surface area contributed by atoms with Crippen molar-refractivity contribution in [1.29, 1.82) is 0 Å². The van der Waals surface area contributed by atoms with Crippen LogP contribution < -0.4 is 10.2 Å². The minimum Gasteiger partial charge on any atom is -0.383 e. The van der Waals surface area contributed by atoms with Crippen molar-refractivity contribution in [2.24, 2.45) is 0 Å². The fourth-order valence-electron chi connectivity index (χ4n) is 2.25. The summed E-state index contributed by atoms with van der Waals surface area (Å²) in [5.74, 6) is 0. The minimum atomic E-state index is 0.500. The number of ether oxygens (including phenoxy) is 1. The van der Waals surface area contributed by atoms with Gasteiger partial charge in [-0.25, -0.2) is 4.98 Å². The van der Waals surface area contributed by atoms with E-state index in [1.165, 1.54) is 15.7 Å². The molecule has 0 unspecified atom stereocenters. The number of anilines is 1. The molecule has 1 aromatic heterocycles. The van der Waals surface area contributed by atoms with E-state index in [9.17, 15) is 0 Å². The van der Waals surface area contributed by atoms with Crippen LogP contribution in [0.25, 0.3) is 0 Å². The fourth-order valence-corrected chi connectivity index (χ4v) is 3.49. The zero-order chi connectivity index (χ0) is 15.7. The summed E-state index contributed by atoms with van der Waals surface area (Å²) in [6.45, 7) is 12.5. The van der Waals surface area contributed by atoms with Gasteiger partial charge in [-0.3, -0.25) is 0 Å². The molecule has 0 aromatic carbocycles. The highest BCUT2D eigenvalue weighted by Gasteiger charge is 2.17. The van der Waals surface area contributed by atoms with Crippen LogP contribution in [0, 0.1) is 0 Å². The van der Waals surface area contributed by atoms with Crippen molar-refractivity contribution in [3.05, 3.63) is 10.6 Å². The van der Waals surface area contributed by atoms with Crippen molar-refractivity contribution < 1.29 is 4.74 Å². The van der Waals surface area contributed by atoms with Crippen LogP contribution >= 0.6 is 11.3 Å². The Balaban J connectivity index is 2.80. The Labute approximate surface area is 133 Å². The van der Waals surface area contributed by atoms with E-state index >= 15 is 0 Å². The molecule has 1 aromatic rings. The van der Waals surface area contributed by atoms with Crippen LogP contribution in [0.2, 0.25) is 0 Å². The molecule has 0 aliphatic rings. The zero-order valence-electron chi connectivity index (χ0n) is 14.2. The fraction of sp³-hybridized carbons (Fsp3) is 0.812. The smallest absolute Gasteiger partial charge is 0.186 e. The van der Waals surface area contributed by atoms with Crippen LogP contribution in [0.3, 0.4) is 0 Å². The first kappa shape index (κ1) is 18.4. The molecule has 0 radical (unpaired) electrons. The van der Waals surface area contributed by atoms with Crippen LogP contribution in [-0.4, -0.2) is 37.8 Å². The van der Waals surface area contributed by atoms with Crippen molar-refractivity contribution in [3.8, 4) is 0 Å². The maximum absolute atomic E-state index is 5.08. The number of rotatable bonds is 11. The molecule has 4 nitrogen and oxygen atoms in total. The van der Waals surface area contributed by atoms with E-state index in [1.54, 1.807) is 7.11 Å².